The summed E-state index contributed by atoms with van der Waals surface area (Å²) < 4.78 is 36.6. The molecule has 3 rings (SSSR count). The lowest BCUT2D eigenvalue weighted by molar-refractivity contribution is -0.133. The third kappa shape index (κ3) is 3.87. The maximum Gasteiger partial charge on any atom is 0.271 e. The highest BCUT2D eigenvalue weighted by atomic mass is 32.2. The van der Waals surface area contributed by atoms with Gasteiger partial charge in [0.05, 0.1) is 17.5 Å². The van der Waals surface area contributed by atoms with Crippen molar-refractivity contribution in [3.8, 4) is 0 Å². The number of hydrogen-bond donors (Lipinski definition) is 1. The SMILES string of the molecule is Cc1ccc(F)cc1NC(=O)C1=NN(C2CCS(=O)(=O)C2)C(=O)CC1. The molecule has 1 N–H and O–H groups in total. The molecule has 0 bridgehead atoms. The van der Waals surface area contributed by atoms with Gasteiger partial charge in [-0.15, -0.1) is 0 Å². The van der Waals surface area contributed by atoms with E-state index in [-0.39, 0.29) is 36.0 Å². The Morgan fingerprint density at radius 3 is 2.80 bits per heavy atom. The Balaban J connectivity index is 1.79. The van der Waals surface area contributed by atoms with Crippen molar-refractivity contribution >= 4 is 33.1 Å². The van der Waals surface area contributed by atoms with Crippen LogP contribution in [0.25, 0.3) is 0 Å². The number of hydrogen-bond acceptors (Lipinski definition) is 5. The number of anilines is 1. The molecule has 1 unspecified atom stereocenters. The summed E-state index contributed by atoms with van der Waals surface area (Å²) in [6.45, 7) is 1.73. The van der Waals surface area contributed by atoms with Gasteiger partial charge in [-0.1, -0.05) is 6.07 Å². The Kier molecular flexibility index (Phi) is 4.59. The van der Waals surface area contributed by atoms with E-state index in [0.717, 1.165) is 5.01 Å². The minimum absolute atomic E-state index is 0.0149. The highest BCUT2D eigenvalue weighted by Gasteiger charge is 2.37. The summed E-state index contributed by atoms with van der Waals surface area (Å²) in [7, 11) is -3.17. The van der Waals surface area contributed by atoms with Crippen molar-refractivity contribution in [2.24, 2.45) is 5.10 Å². The largest absolute Gasteiger partial charge is 0.321 e. The summed E-state index contributed by atoms with van der Waals surface area (Å²) >= 11 is 0. The molecule has 0 aromatic heterocycles. The summed E-state index contributed by atoms with van der Waals surface area (Å²) in [5.74, 6) is -1.41. The number of benzene rings is 1. The zero-order valence-corrected chi connectivity index (χ0v) is 14.5. The molecule has 134 valence electrons. The van der Waals surface area contributed by atoms with Crippen LogP contribution in [-0.2, 0) is 19.4 Å². The standard InChI is InChI=1S/C16H18FN3O4S/c1-10-2-3-11(17)8-14(10)18-16(22)13-4-5-15(21)20(19-13)12-6-7-25(23,24)9-12/h2-3,8,12H,4-7,9H2,1H3,(H,18,22). The van der Waals surface area contributed by atoms with Gasteiger partial charge in [0.2, 0.25) is 5.91 Å². The molecule has 1 atom stereocenters. The molecule has 1 saturated heterocycles. The van der Waals surface area contributed by atoms with Crippen LogP contribution in [0.15, 0.2) is 23.3 Å². The van der Waals surface area contributed by atoms with Crippen LogP contribution in [0.4, 0.5) is 10.1 Å². The van der Waals surface area contributed by atoms with Crippen LogP contribution in [0.2, 0.25) is 0 Å². The molecule has 0 aliphatic carbocycles. The summed E-state index contributed by atoms with van der Waals surface area (Å²) in [6, 6.07) is 3.52. The third-order valence-corrected chi connectivity index (χ3v) is 6.07. The van der Waals surface area contributed by atoms with Crippen LogP contribution >= 0.6 is 0 Å². The maximum atomic E-state index is 13.3. The zero-order chi connectivity index (χ0) is 18.2. The van der Waals surface area contributed by atoms with Crippen LogP contribution < -0.4 is 5.32 Å². The zero-order valence-electron chi connectivity index (χ0n) is 13.7. The Hall–Kier alpha value is -2.29. The van der Waals surface area contributed by atoms with Crippen molar-refractivity contribution in [2.45, 2.75) is 32.2 Å². The number of carbonyl (C=O) groups excluding carboxylic acids is 2. The van der Waals surface area contributed by atoms with Gasteiger partial charge in [-0.3, -0.25) is 9.59 Å². The van der Waals surface area contributed by atoms with Gasteiger partial charge < -0.3 is 5.32 Å². The Morgan fingerprint density at radius 2 is 2.12 bits per heavy atom. The molecule has 2 amide bonds. The fourth-order valence-electron chi connectivity index (χ4n) is 2.91. The second kappa shape index (κ2) is 6.55. The molecule has 1 fully saturated rings. The molecule has 7 nitrogen and oxygen atoms in total. The molecule has 2 aliphatic heterocycles. The monoisotopic (exact) mass is 367 g/mol. The molecule has 0 radical (unpaired) electrons. The lowest BCUT2D eigenvalue weighted by Crippen LogP contribution is -2.42. The van der Waals surface area contributed by atoms with Crippen LogP contribution in [0.1, 0.15) is 24.8 Å². The summed E-state index contributed by atoms with van der Waals surface area (Å²) in [6.07, 6.45) is 0.565. The fourth-order valence-corrected chi connectivity index (χ4v) is 4.60. The van der Waals surface area contributed by atoms with E-state index < -0.39 is 27.6 Å². The first-order chi connectivity index (χ1) is 11.7. The van der Waals surface area contributed by atoms with Gasteiger partial charge in [0.25, 0.3) is 5.91 Å². The van der Waals surface area contributed by atoms with Crippen molar-refractivity contribution in [2.75, 3.05) is 16.8 Å². The van der Waals surface area contributed by atoms with Crippen molar-refractivity contribution in [1.82, 2.24) is 5.01 Å². The van der Waals surface area contributed by atoms with Gasteiger partial charge in [-0.2, -0.15) is 5.10 Å². The van der Waals surface area contributed by atoms with E-state index in [9.17, 15) is 22.4 Å². The summed E-state index contributed by atoms with van der Waals surface area (Å²) in [4.78, 5) is 24.5. The van der Waals surface area contributed by atoms with E-state index >= 15 is 0 Å². The van der Waals surface area contributed by atoms with Crippen LogP contribution in [0.3, 0.4) is 0 Å². The molecule has 2 aliphatic rings. The third-order valence-electron chi connectivity index (χ3n) is 4.32. The molecule has 1 aromatic carbocycles. The number of aryl methyl sites for hydroxylation is 1. The smallest absolute Gasteiger partial charge is 0.271 e. The van der Waals surface area contributed by atoms with Crippen LogP contribution in [0.5, 0.6) is 0 Å². The first-order valence-electron chi connectivity index (χ1n) is 7.92. The number of amides is 2. The average Bonchev–Trinajstić information content (AvgIpc) is 2.91. The van der Waals surface area contributed by atoms with Crippen molar-refractivity contribution in [3.05, 3.63) is 29.6 Å². The average molecular weight is 367 g/mol. The first kappa shape index (κ1) is 17.5. The molecule has 0 spiro atoms. The second-order valence-corrected chi connectivity index (χ2v) is 8.48. The highest BCUT2D eigenvalue weighted by molar-refractivity contribution is 7.91. The number of carbonyl (C=O) groups is 2. The minimum Gasteiger partial charge on any atom is -0.321 e. The molecule has 2 heterocycles. The second-order valence-electron chi connectivity index (χ2n) is 6.26. The number of rotatable bonds is 3. The van der Waals surface area contributed by atoms with Crippen molar-refractivity contribution < 1.29 is 22.4 Å². The predicted octanol–water partition coefficient (Wildman–Crippen LogP) is 1.24. The van der Waals surface area contributed by atoms with Crippen molar-refractivity contribution in [3.63, 3.8) is 0 Å². The molecule has 25 heavy (non-hydrogen) atoms. The summed E-state index contributed by atoms with van der Waals surface area (Å²) in [5, 5.41) is 7.81. The Morgan fingerprint density at radius 1 is 1.36 bits per heavy atom. The molecule has 1 aromatic rings. The summed E-state index contributed by atoms with van der Waals surface area (Å²) in [5.41, 5.74) is 1.16. The fraction of sp³-hybridized carbons (Fsp3) is 0.438. The first-order valence-corrected chi connectivity index (χ1v) is 9.75. The van der Waals surface area contributed by atoms with Gasteiger partial charge >= 0.3 is 0 Å². The van der Waals surface area contributed by atoms with Gasteiger partial charge in [0.15, 0.2) is 9.84 Å². The lowest BCUT2D eigenvalue weighted by Gasteiger charge is -2.27. The van der Waals surface area contributed by atoms with Crippen LogP contribution in [0, 0.1) is 12.7 Å². The van der Waals surface area contributed by atoms with E-state index in [2.05, 4.69) is 10.4 Å². The van der Waals surface area contributed by atoms with Gasteiger partial charge in [0.1, 0.15) is 11.5 Å². The van der Waals surface area contributed by atoms with Crippen LogP contribution in [-0.4, -0.2) is 48.5 Å². The van der Waals surface area contributed by atoms with E-state index in [0.29, 0.717) is 17.7 Å². The topological polar surface area (TPSA) is 95.9 Å². The number of nitrogens with one attached hydrogen (secondary N) is 1. The number of sulfone groups is 1. The van der Waals surface area contributed by atoms with Gasteiger partial charge in [-0.05, 0) is 31.0 Å². The number of halogens is 1. The molecular weight excluding hydrogens is 349 g/mol. The van der Waals surface area contributed by atoms with Gasteiger partial charge in [0, 0.05) is 18.5 Å². The number of hydrazone groups is 1. The lowest BCUT2D eigenvalue weighted by atomic mass is 10.1. The Bertz CT molecular complexity index is 866. The quantitative estimate of drug-likeness (QED) is 0.869. The van der Waals surface area contributed by atoms with Gasteiger partial charge in [-0.25, -0.2) is 17.8 Å². The predicted molar refractivity (Wildman–Crippen MR) is 90.3 cm³/mol. The van der Waals surface area contributed by atoms with E-state index in [1.165, 1.54) is 12.1 Å². The maximum absolute atomic E-state index is 13.3. The molecule has 9 heteroatoms. The normalized spacial score (nSPS) is 22.6. The number of nitrogens with zero attached hydrogens (tertiary/aromatic N) is 2. The molecule has 0 saturated carbocycles. The van der Waals surface area contributed by atoms with E-state index in [1.54, 1.807) is 13.0 Å². The van der Waals surface area contributed by atoms with E-state index in [1.807, 2.05) is 0 Å². The Labute approximate surface area is 144 Å². The molecular formula is C16H18FN3O4S. The minimum atomic E-state index is -3.17. The highest BCUT2D eigenvalue weighted by Crippen LogP contribution is 2.23. The van der Waals surface area contributed by atoms with Crippen molar-refractivity contribution in [1.29, 1.82) is 0 Å². The van der Waals surface area contributed by atoms with E-state index in [4.69, 9.17) is 0 Å².